The van der Waals surface area contributed by atoms with E-state index >= 15 is 0 Å². The second-order valence-corrected chi connectivity index (χ2v) is 10.0. The Morgan fingerprint density at radius 1 is 1.04 bits per heavy atom. The number of nitrogens with one attached hydrogen (secondary N) is 1. The van der Waals surface area contributed by atoms with Crippen molar-refractivity contribution in [3.05, 3.63) is 59.2 Å². The minimum absolute atomic E-state index is 0.169. The molecule has 1 aliphatic heterocycles. The van der Waals surface area contributed by atoms with Crippen LogP contribution in [0, 0.1) is 25.7 Å². The fraction of sp³-hybridized carbons (Fsp3) is 0.409. The van der Waals surface area contributed by atoms with Gasteiger partial charge < -0.3 is 5.32 Å². The number of aryl methyl sites for hydroxylation is 2. The first-order valence-corrected chi connectivity index (χ1v) is 11.1. The summed E-state index contributed by atoms with van der Waals surface area (Å²) in [5, 5.41) is 2.89. The molecule has 150 valence electrons. The summed E-state index contributed by atoms with van der Waals surface area (Å²) in [5.74, 6) is 0.342. The number of hydrogen-bond acceptors (Lipinski definition) is 3. The Labute approximate surface area is 167 Å². The standard InChI is InChI=1S/C22H28N2O3S/c1-15-8-9-18(4)21(11-15)23-22(25)19-6-5-7-20(12-19)28(26,27)24-13-16(2)10-17(3)14-24/h5-9,11-12,16-17H,10,13-14H2,1-4H3,(H,23,25). The van der Waals surface area contributed by atoms with Crippen molar-refractivity contribution in [2.24, 2.45) is 11.8 Å². The zero-order valence-corrected chi connectivity index (χ0v) is 17.7. The van der Waals surface area contributed by atoms with Gasteiger partial charge >= 0.3 is 0 Å². The van der Waals surface area contributed by atoms with Gasteiger partial charge in [0.05, 0.1) is 4.90 Å². The summed E-state index contributed by atoms with van der Waals surface area (Å²) >= 11 is 0. The van der Waals surface area contributed by atoms with Crippen LogP contribution in [0.5, 0.6) is 0 Å². The third kappa shape index (κ3) is 4.45. The number of nitrogens with zero attached hydrogens (tertiary/aromatic N) is 1. The highest BCUT2D eigenvalue weighted by Crippen LogP contribution is 2.27. The van der Waals surface area contributed by atoms with E-state index in [0.717, 1.165) is 23.2 Å². The Balaban J connectivity index is 1.85. The average Bonchev–Trinajstić information content (AvgIpc) is 2.64. The Kier molecular flexibility index (Phi) is 5.91. The quantitative estimate of drug-likeness (QED) is 0.835. The van der Waals surface area contributed by atoms with Crippen LogP contribution in [0.1, 0.15) is 41.8 Å². The second kappa shape index (κ2) is 8.05. The van der Waals surface area contributed by atoms with Crippen molar-refractivity contribution < 1.29 is 13.2 Å². The van der Waals surface area contributed by atoms with E-state index in [4.69, 9.17) is 0 Å². The lowest BCUT2D eigenvalue weighted by atomic mass is 9.94. The lowest BCUT2D eigenvalue weighted by Crippen LogP contribution is -2.42. The van der Waals surface area contributed by atoms with Crippen LogP contribution in [-0.2, 0) is 10.0 Å². The number of amides is 1. The molecule has 28 heavy (non-hydrogen) atoms. The molecule has 1 aliphatic rings. The fourth-order valence-corrected chi connectivity index (χ4v) is 5.54. The van der Waals surface area contributed by atoms with E-state index < -0.39 is 10.0 Å². The van der Waals surface area contributed by atoms with Gasteiger partial charge in [-0.2, -0.15) is 4.31 Å². The number of piperidine rings is 1. The highest BCUT2D eigenvalue weighted by Gasteiger charge is 2.32. The highest BCUT2D eigenvalue weighted by molar-refractivity contribution is 7.89. The van der Waals surface area contributed by atoms with Crippen molar-refractivity contribution in [3.8, 4) is 0 Å². The topological polar surface area (TPSA) is 66.5 Å². The zero-order chi connectivity index (χ0) is 20.5. The zero-order valence-electron chi connectivity index (χ0n) is 16.9. The summed E-state index contributed by atoms with van der Waals surface area (Å²) in [7, 11) is -3.62. The second-order valence-electron chi connectivity index (χ2n) is 8.07. The molecule has 2 aromatic rings. The molecule has 0 spiro atoms. The van der Waals surface area contributed by atoms with Crippen LogP contribution in [0.15, 0.2) is 47.4 Å². The van der Waals surface area contributed by atoms with E-state index in [0.29, 0.717) is 30.5 Å². The van der Waals surface area contributed by atoms with Crippen molar-refractivity contribution in [2.75, 3.05) is 18.4 Å². The molecule has 5 nitrogen and oxygen atoms in total. The van der Waals surface area contributed by atoms with Gasteiger partial charge in [0, 0.05) is 24.3 Å². The van der Waals surface area contributed by atoms with Crippen molar-refractivity contribution in [3.63, 3.8) is 0 Å². The molecule has 1 N–H and O–H groups in total. The lowest BCUT2D eigenvalue weighted by molar-refractivity contribution is 0.102. The van der Waals surface area contributed by atoms with Crippen LogP contribution in [0.2, 0.25) is 0 Å². The summed E-state index contributed by atoms with van der Waals surface area (Å²) in [4.78, 5) is 12.9. The van der Waals surface area contributed by atoms with Crippen LogP contribution in [0.25, 0.3) is 0 Å². The molecule has 0 bridgehead atoms. The molecule has 2 atom stereocenters. The van der Waals surface area contributed by atoms with Gasteiger partial charge in [-0.05, 0) is 67.5 Å². The van der Waals surface area contributed by atoms with Crippen molar-refractivity contribution in [1.29, 1.82) is 0 Å². The fourth-order valence-electron chi connectivity index (χ4n) is 3.81. The third-order valence-electron chi connectivity index (χ3n) is 5.21. The monoisotopic (exact) mass is 400 g/mol. The minimum atomic E-state index is -3.62. The number of sulfonamides is 1. The van der Waals surface area contributed by atoms with Gasteiger partial charge in [0.1, 0.15) is 0 Å². The molecule has 0 radical (unpaired) electrons. The molecular weight excluding hydrogens is 372 g/mol. The number of anilines is 1. The maximum absolute atomic E-state index is 13.1. The number of rotatable bonds is 4. The SMILES string of the molecule is Cc1ccc(C)c(NC(=O)c2cccc(S(=O)(=O)N3CC(C)CC(C)C3)c2)c1. The van der Waals surface area contributed by atoms with Gasteiger partial charge in [-0.1, -0.05) is 32.0 Å². The molecular formula is C22H28N2O3S. The normalized spacial score (nSPS) is 20.7. The first kappa shape index (κ1) is 20.6. The largest absolute Gasteiger partial charge is 0.322 e. The molecule has 0 aliphatic carbocycles. The van der Waals surface area contributed by atoms with Gasteiger partial charge in [0.25, 0.3) is 5.91 Å². The Morgan fingerprint density at radius 2 is 1.71 bits per heavy atom. The number of hydrogen-bond donors (Lipinski definition) is 1. The third-order valence-corrected chi connectivity index (χ3v) is 7.04. The van der Waals surface area contributed by atoms with E-state index in [9.17, 15) is 13.2 Å². The summed E-state index contributed by atoms with van der Waals surface area (Å²) in [6.45, 7) is 9.08. The van der Waals surface area contributed by atoms with Gasteiger partial charge in [-0.25, -0.2) is 8.42 Å². The molecule has 1 saturated heterocycles. The predicted molar refractivity (Wildman–Crippen MR) is 112 cm³/mol. The summed E-state index contributed by atoms with van der Waals surface area (Å²) in [6, 6.07) is 12.1. The predicted octanol–water partition coefficient (Wildman–Crippen LogP) is 4.22. The van der Waals surface area contributed by atoms with E-state index in [1.54, 1.807) is 22.5 Å². The molecule has 2 aromatic carbocycles. The van der Waals surface area contributed by atoms with Gasteiger partial charge in [0.15, 0.2) is 0 Å². The molecule has 1 fully saturated rings. The van der Waals surface area contributed by atoms with E-state index in [2.05, 4.69) is 19.2 Å². The van der Waals surface area contributed by atoms with Crippen molar-refractivity contribution in [2.45, 2.75) is 39.0 Å². The Bertz CT molecular complexity index is 975. The highest BCUT2D eigenvalue weighted by atomic mass is 32.2. The smallest absolute Gasteiger partial charge is 0.255 e. The van der Waals surface area contributed by atoms with Gasteiger partial charge in [-0.3, -0.25) is 4.79 Å². The summed E-state index contributed by atoms with van der Waals surface area (Å²) in [6.07, 6.45) is 1.03. The maximum atomic E-state index is 13.1. The molecule has 1 amide bonds. The number of benzene rings is 2. The van der Waals surface area contributed by atoms with E-state index in [-0.39, 0.29) is 10.8 Å². The lowest BCUT2D eigenvalue weighted by Gasteiger charge is -2.34. The molecule has 6 heteroatoms. The Morgan fingerprint density at radius 3 is 2.39 bits per heavy atom. The van der Waals surface area contributed by atoms with Crippen LogP contribution >= 0.6 is 0 Å². The van der Waals surface area contributed by atoms with Gasteiger partial charge in [-0.15, -0.1) is 0 Å². The van der Waals surface area contributed by atoms with E-state index in [1.807, 2.05) is 32.0 Å². The molecule has 3 rings (SSSR count). The minimum Gasteiger partial charge on any atom is -0.322 e. The first-order valence-electron chi connectivity index (χ1n) is 9.65. The average molecular weight is 401 g/mol. The molecule has 0 saturated carbocycles. The molecule has 0 aromatic heterocycles. The van der Waals surface area contributed by atoms with E-state index in [1.165, 1.54) is 6.07 Å². The van der Waals surface area contributed by atoms with Crippen molar-refractivity contribution in [1.82, 2.24) is 4.31 Å². The number of carbonyl (C=O) groups is 1. The van der Waals surface area contributed by atoms with Gasteiger partial charge in [0.2, 0.25) is 10.0 Å². The first-order chi connectivity index (χ1) is 13.2. The number of carbonyl (C=O) groups excluding carboxylic acids is 1. The van der Waals surface area contributed by atoms with Crippen LogP contribution in [-0.4, -0.2) is 31.7 Å². The van der Waals surface area contributed by atoms with Crippen molar-refractivity contribution >= 4 is 21.6 Å². The van der Waals surface area contributed by atoms with Crippen LogP contribution in [0.3, 0.4) is 0 Å². The Hall–Kier alpha value is -2.18. The molecule has 1 heterocycles. The summed E-state index contributed by atoms with van der Waals surface area (Å²) in [5.41, 5.74) is 3.07. The molecule has 2 unspecified atom stereocenters. The maximum Gasteiger partial charge on any atom is 0.255 e. The summed E-state index contributed by atoms with van der Waals surface area (Å²) < 4.78 is 27.8. The van der Waals surface area contributed by atoms with Crippen LogP contribution < -0.4 is 5.32 Å². The van der Waals surface area contributed by atoms with Crippen LogP contribution in [0.4, 0.5) is 5.69 Å².